The maximum atomic E-state index is 12.7. The van der Waals surface area contributed by atoms with Crippen LogP contribution in [0.4, 0.5) is 18.9 Å². The van der Waals surface area contributed by atoms with Crippen molar-refractivity contribution in [3.8, 4) is 11.5 Å². The van der Waals surface area contributed by atoms with Gasteiger partial charge in [-0.15, -0.1) is 0 Å². The Morgan fingerprint density at radius 3 is 2.56 bits per heavy atom. The molecule has 0 spiro atoms. The lowest BCUT2D eigenvalue weighted by Crippen LogP contribution is -2.29. The largest absolute Gasteiger partial charge is 0.493 e. The molecular weight excluding hydrogens is 361 g/mol. The highest BCUT2D eigenvalue weighted by atomic mass is 19.4. The van der Waals surface area contributed by atoms with Crippen LogP contribution < -0.4 is 20.1 Å². The van der Waals surface area contributed by atoms with E-state index >= 15 is 0 Å². The molecule has 0 atom stereocenters. The Kier molecular flexibility index (Phi) is 6.92. The minimum Gasteiger partial charge on any atom is -0.493 e. The maximum absolute atomic E-state index is 12.7. The number of hydrogen-bond donors (Lipinski definition) is 2. The van der Waals surface area contributed by atoms with Crippen LogP contribution in [0.25, 0.3) is 0 Å². The molecule has 2 aromatic carbocycles. The lowest BCUT2D eigenvalue weighted by molar-refractivity contribution is -0.137. The predicted molar refractivity (Wildman–Crippen MR) is 95.9 cm³/mol. The minimum absolute atomic E-state index is 0.143. The van der Waals surface area contributed by atoms with E-state index in [4.69, 9.17) is 9.47 Å². The standard InChI is InChI=1S/C19H21F3N2O3/c1-3-27-16-8-7-13(9-17(16)26-2)11-24-18(25)12-23-15-6-4-5-14(10-15)19(20,21)22/h4-10,23H,3,11-12H2,1-2H3,(H,24,25). The van der Waals surface area contributed by atoms with E-state index in [-0.39, 0.29) is 24.7 Å². The van der Waals surface area contributed by atoms with Crippen LogP contribution in [0.1, 0.15) is 18.1 Å². The average molecular weight is 382 g/mol. The SMILES string of the molecule is CCOc1ccc(CNC(=O)CNc2cccc(C(F)(F)F)c2)cc1OC. The molecule has 1 amide bonds. The number of methoxy groups -OCH3 is 1. The summed E-state index contributed by atoms with van der Waals surface area (Å²) < 4.78 is 48.7. The topological polar surface area (TPSA) is 59.6 Å². The molecule has 8 heteroatoms. The van der Waals surface area contributed by atoms with Crippen LogP contribution in [0.5, 0.6) is 11.5 Å². The van der Waals surface area contributed by atoms with Crippen molar-refractivity contribution in [3.63, 3.8) is 0 Å². The van der Waals surface area contributed by atoms with Crippen molar-refractivity contribution in [2.75, 3.05) is 25.6 Å². The van der Waals surface area contributed by atoms with Crippen molar-refractivity contribution in [3.05, 3.63) is 53.6 Å². The van der Waals surface area contributed by atoms with E-state index in [1.54, 1.807) is 18.2 Å². The molecule has 0 aliphatic rings. The number of benzene rings is 2. The first kappa shape index (κ1) is 20.4. The Morgan fingerprint density at radius 2 is 1.89 bits per heavy atom. The van der Waals surface area contributed by atoms with Crippen molar-refractivity contribution in [2.24, 2.45) is 0 Å². The second-order valence-corrected chi connectivity index (χ2v) is 5.63. The van der Waals surface area contributed by atoms with Gasteiger partial charge < -0.3 is 20.1 Å². The summed E-state index contributed by atoms with van der Waals surface area (Å²) in [5, 5.41) is 5.38. The highest BCUT2D eigenvalue weighted by molar-refractivity contribution is 5.80. The number of amides is 1. The maximum Gasteiger partial charge on any atom is 0.416 e. The van der Waals surface area contributed by atoms with Crippen LogP contribution in [0.2, 0.25) is 0 Å². The Bertz CT molecular complexity index is 779. The first-order valence-corrected chi connectivity index (χ1v) is 8.31. The zero-order valence-electron chi connectivity index (χ0n) is 15.0. The van der Waals surface area contributed by atoms with Crippen LogP contribution in [0.3, 0.4) is 0 Å². The zero-order chi connectivity index (χ0) is 19.9. The van der Waals surface area contributed by atoms with Gasteiger partial charge in [0.05, 0.1) is 25.8 Å². The molecule has 2 aromatic rings. The molecule has 5 nitrogen and oxygen atoms in total. The molecule has 0 aromatic heterocycles. The summed E-state index contributed by atoms with van der Waals surface area (Å²) in [6, 6.07) is 10.0. The van der Waals surface area contributed by atoms with E-state index in [0.29, 0.717) is 18.1 Å². The van der Waals surface area contributed by atoms with E-state index in [1.165, 1.54) is 19.2 Å². The lowest BCUT2D eigenvalue weighted by atomic mass is 10.2. The molecule has 0 saturated heterocycles. The second kappa shape index (κ2) is 9.16. The van der Waals surface area contributed by atoms with Crippen LogP contribution >= 0.6 is 0 Å². The zero-order valence-corrected chi connectivity index (χ0v) is 15.0. The summed E-state index contributed by atoms with van der Waals surface area (Å²) in [4.78, 5) is 11.9. The van der Waals surface area contributed by atoms with E-state index in [9.17, 15) is 18.0 Å². The van der Waals surface area contributed by atoms with Gasteiger partial charge in [-0.2, -0.15) is 13.2 Å². The fourth-order valence-electron chi connectivity index (χ4n) is 2.35. The summed E-state index contributed by atoms with van der Waals surface area (Å²) in [6.45, 7) is 2.49. The first-order valence-electron chi connectivity index (χ1n) is 8.31. The summed E-state index contributed by atoms with van der Waals surface area (Å²) in [6.07, 6.45) is -4.42. The number of carbonyl (C=O) groups is 1. The van der Waals surface area contributed by atoms with Gasteiger partial charge in [0, 0.05) is 12.2 Å². The third-order valence-corrected chi connectivity index (χ3v) is 3.66. The first-order chi connectivity index (χ1) is 12.8. The molecule has 27 heavy (non-hydrogen) atoms. The predicted octanol–water partition coefficient (Wildman–Crippen LogP) is 3.84. The second-order valence-electron chi connectivity index (χ2n) is 5.63. The van der Waals surface area contributed by atoms with E-state index in [0.717, 1.165) is 17.7 Å². The highest BCUT2D eigenvalue weighted by Gasteiger charge is 2.30. The van der Waals surface area contributed by atoms with Gasteiger partial charge in [-0.3, -0.25) is 4.79 Å². The number of halogens is 3. The number of rotatable bonds is 8. The van der Waals surface area contributed by atoms with Crippen molar-refractivity contribution < 1.29 is 27.4 Å². The number of alkyl halides is 3. The van der Waals surface area contributed by atoms with Crippen molar-refractivity contribution in [2.45, 2.75) is 19.6 Å². The van der Waals surface area contributed by atoms with E-state index in [1.807, 2.05) is 6.92 Å². The molecule has 0 bridgehead atoms. The van der Waals surface area contributed by atoms with Crippen LogP contribution in [-0.2, 0) is 17.5 Å². The summed E-state index contributed by atoms with van der Waals surface area (Å²) in [5.41, 5.74) is 0.264. The van der Waals surface area contributed by atoms with Gasteiger partial charge in [-0.05, 0) is 42.8 Å². The van der Waals surface area contributed by atoms with Crippen molar-refractivity contribution >= 4 is 11.6 Å². The van der Waals surface area contributed by atoms with Gasteiger partial charge in [0.15, 0.2) is 11.5 Å². The molecule has 0 aliphatic carbocycles. The Balaban J connectivity index is 1.88. The summed E-state index contributed by atoms with van der Waals surface area (Å²) in [7, 11) is 1.53. The number of ether oxygens (including phenoxy) is 2. The van der Waals surface area contributed by atoms with Crippen molar-refractivity contribution in [1.29, 1.82) is 0 Å². The molecule has 0 radical (unpaired) electrons. The number of anilines is 1. The Hall–Kier alpha value is -2.90. The van der Waals surface area contributed by atoms with Crippen LogP contribution in [0.15, 0.2) is 42.5 Å². The fourth-order valence-corrected chi connectivity index (χ4v) is 2.35. The van der Waals surface area contributed by atoms with E-state index in [2.05, 4.69) is 10.6 Å². The monoisotopic (exact) mass is 382 g/mol. The van der Waals surface area contributed by atoms with Gasteiger partial charge in [0.25, 0.3) is 0 Å². The summed E-state index contributed by atoms with van der Waals surface area (Å²) in [5.74, 6) is 0.826. The summed E-state index contributed by atoms with van der Waals surface area (Å²) >= 11 is 0. The molecule has 2 N–H and O–H groups in total. The number of carbonyl (C=O) groups excluding carboxylic acids is 1. The molecule has 0 heterocycles. The molecule has 0 unspecified atom stereocenters. The molecular formula is C19H21F3N2O3. The van der Waals surface area contributed by atoms with Gasteiger partial charge in [-0.1, -0.05) is 12.1 Å². The van der Waals surface area contributed by atoms with Gasteiger partial charge in [-0.25, -0.2) is 0 Å². The number of hydrogen-bond acceptors (Lipinski definition) is 4. The molecule has 0 aliphatic heterocycles. The molecule has 146 valence electrons. The van der Waals surface area contributed by atoms with Crippen LogP contribution in [-0.4, -0.2) is 26.2 Å². The van der Waals surface area contributed by atoms with Crippen LogP contribution in [0, 0.1) is 0 Å². The lowest BCUT2D eigenvalue weighted by Gasteiger charge is -2.12. The normalized spacial score (nSPS) is 11.0. The molecule has 0 fully saturated rings. The third-order valence-electron chi connectivity index (χ3n) is 3.66. The van der Waals surface area contributed by atoms with Crippen molar-refractivity contribution in [1.82, 2.24) is 5.32 Å². The Morgan fingerprint density at radius 1 is 1.11 bits per heavy atom. The average Bonchev–Trinajstić information content (AvgIpc) is 2.65. The fraction of sp³-hybridized carbons (Fsp3) is 0.316. The molecule has 2 rings (SSSR count). The van der Waals surface area contributed by atoms with Gasteiger partial charge >= 0.3 is 6.18 Å². The quantitative estimate of drug-likeness (QED) is 0.728. The minimum atomic E-state index is -4.42. The highest BCUT2D eigenvalue weighted by Crippen LogP contribution is 2.30. The Labute approximate surface area is 155 Å². The smallest absolute Gasteiger partial charge is 0.416 e. The number of nitrogens with one attached hydrogen (secondary N) is 2. The third kappa shape index (κ3) is 6.09. The van der Waals surface area contributed by atoms with Gasteiger partial charge in [0.1, 0.15) is 0 Å². The van der Waals surface area contributed by atoms with E-state index < -0.39 is 11.7 Å². The molecule has 0 saturated carbocycles. The van der Waals surface area contributed by atoms with Gasteiger partial charge in [0.2, 0.25) is 5.91 Å².